The highest BCUT2D eigenvalue weighted by Crippen LogP contribution is 2.29. The van der Waals surface area contributed by atoms with E-state index in [1.807, 2.05) is 0 Å². The van der Waals surface area contributed by atoms with Crippen molar-refractivity contribution in [1.29, 1.82) is 0 Å². The molecule has 2 nitrogen and oxygen atoms in total. The molecular weight excluding hydrogens is 224 g/mol. The van der Waals surface area contributed by atoms with E-state index >= 15 is 0 Å². The molecule has 1 aromatic rings. The first-order valence-electron chi connectivity index (χ1n) is 5.76. The standard InChI is InChI=1S/C13H15F2NO/c1-7-5-6-9(14)11(12(7)15)13(17)8-3-2-4-10(8)16/h5-6,8,10H,2-4,16H2,1H3. The number of benzene rings is 1. The van der Waals surface area contributed by atoms with E-state index in [9.17, 15) is 13.6 Å². The third kappa shape index (κ3) is 2.09. The molecule has 1 aliphatic carbocycles. The molecule has 17 heavy (non-hydrogen) atoms. The fourth-order valence-corrected chi connectivity index (χ4v) is 2.38. The van der Waals surface area contributed by atoms with Crippen LogP contribution in [0.5, 0.6) is 0 Å². The maximum absolute atomic E-state index is 13.8. The number of halogens is 2. The van der Waals surface area contributed by atoms with Gasteiger partial charge in [0.2, 0.25) is 0 Å². The Balaban J connectivity index is 2.40. The summed E-state index contributed by atoms with van der Waals surface area (Å²) in [6, 6.07) is 2.18. The summed E-state index contributed by atoms with van der Waals surface area (Å²) in [5.41, 5.74) is 5.64. The summed E-state index contributed by atoms with van der Waals surface area (Å²) >= 11 is 0. The van der Waals surface area contributed by atoms with Crippen molar-refractivity contribution in [3.8, 4) is 0 Å². The fraction of sp³-hybridized carbons (Fsp3) is 0.462. The second-order valence-electron chi connectivity index (χ2n) is 4.62. The molecule has 2 rings (SSSR count). The molecule has 0 amide bonds. The molecule has 2 atom stereocenters. The van der Waals surface area contributed by atoms with Crippen molar-refractivity contribution in [1.82, 2.24) is 0 Å². The topological polar surface area (TPSA) is 43.1 Å². The number of rotatable bonds is 2. The average Bonchev–Trinajstić information content (AvgIpc) is 2.70. The minimum atomic E-state index is -0.794. The Morgan fingerprint density at radius 3 is 2.65 bits per heavy atom. The minimum absolute atomic E-state index is 0.276. The van der Waals surface area contributed by atoms with Crippen molar-refractivity contribution in [2.24, 2.45) is 11.7 Å². The summed E-state index contributed by atoms with van der Waals surface area (Å²) in [7, 11) is 0. The zero-order valence-corrected chi connectivity index (χ0v) is 9.67. The van der Waals surface area contributed by atoms with Gasteiger partial charge in [-0.1, -0.05) is 12.5 Å². The summed E-state index contributed by atoms with van der Waals surface area (Å²) in [6.07, 6.45) is 2.20. The van der Waals surface area contributed by atoms with Gasteiger partial charge < -0.3 is 5.73 Å². The number of Topliss-reactive ketones (excluding diaryl/α,β-unsaturated/α-hetero) is 1. The molecule has 1 aromatic carbocycles. The molecule has 2 N–H and O–H groups in total. The number of hydrogen-bond acceptors (Lipinski definition) is 2. The van der Waals surface area contributed by atoms with Gasteiger partial charge in [0.05, 0.1) is 5.56 Å². The predicted octanol–water partition coefficient (Wildman–Crippen LogP) is 2.58. The molecule has 0 aliphatic heterocycles. The van der Waals surface area contributed by atoms with Gasteiger partial charge in [-0.05, 0) is 31.4 Å². The average molecular weight is 239 g/mol. The highest BCUT2D eigenvalue weighted by molar-refractivity contribution is 5.99. The smallest absolute Gasteiger partial charge is 0.173 e. The van der Waals surface area contributed by atoms with E-state index in [0.717, 1.165) is 18.9 Å². The summed E-state index contributed by atoms with van der Waals surface area (Å²) < 4.78 is 27.4. The van der Waals surface area contributed by atoms with Crippen LogP contribution in [0.15, 0.2) is 12.1 Å². The first-order valence-corrected chi connectivity index (χ1v) is 5.76. The van der Waals surface area contributed by atoms with E-state index in [4.69, 9.17) is 5.73 Å². The lowest BCUT2D eigenvalue weighted by Crippen LogP contribution is -2.31. The lowest BCUT2D eigenvalue weighted by Gasteiger charge is -2.15. The maximum Gasteiger partial charge on any atom is 0.173 e. The highest BCUT2D eigenvalue weighted by atomic mass is 19.1. The van der Waals surface area contributed by atoms with Crippen molar-refractivity contribution in [2.45, 2.75) is 32.2 Å². The van der Waals surface area contributed by atoms with Crippen molar-refractivity contribution >= 4 is 5.78 Å². The summed E-state index contributed by atoms with van der Waals surface area (Å²) in [5, 5.41) is 0. The predicted molar refractivity (Wildman–Crippen MR) is 60.7 cm³/mol. The number of aryl methyl sites for hydroxylation is 1. The molecule has 0 radical (unpaired) electrons. The Morgan fingerprint density at radius 1 is 1.35 bits per heavy atom. The Bertz CT molecular complexity index is 459. The van der Waals surface area contributed by atoms with Crippen LogP contribution >= 0.6 is 0 Å². The largest absolute Gasteiger partial charge is 0.327 e. The number of hydrogen-bond donors (Lipinski definition) is 1. The Labute approximate surface area is 98.8 Å². The van der Waals surface area contributed by atoms with Gasteiger partial charge in [-0.2, -0.15) is 0 Å². The molecule has 1 aliphatic rings. The van der Waals surface area contributed by atoms with Crippen LogP contribution in [-0.2, 0) is 0 Å². The zero-order chi connectivity index (χ0) is 12.6. The van der Waals surface area contributed by atoms with Crippen LogP contribution in [0.2, 0.25) is 0 Å². The lowest BCUT2D eigenvalue weighted by molar-refractivity contribution is 0.0904. The highest BCUT2D eigenvalue weighted by Gasteiger charge is 2.34. The molecule has 0 aromatic heterocycles. The Kier molecular flexibility index (Phi) is 3.24. The van der Waals surface area contributed by atoms with Crippen molar-refractivity contribution in [3.63, 3.8) is 0 Å². The molecular formula is C13H15F2NO. The van der Waals surface area contributed by atoms with Gasteiger partial charge in [0.25, 0.3) is 0 Å². The van der Waals surface area contributed by atoms with E-state index in [1.54, 1.807) is 0 Å². The quantitative estimate of drug-likeness (QED) is 0.806. The van der Waals surface area contributed by atoms with Crippen LogP contribution in [-0.4, -0.2) is 11.8 Å². The van der Waals surface area contributed by atoms with Crippen molar-refractivity contribution < 1.29 is 13.6 Å². The first-order chi connectivity index (χ1) is 8.02. The van der Waals surface area contributed by atoms with Gasteiger partial charge >= 0.3 is 0 Å². The van der Waals surface area contributed by atoms with Crippen LogP contribution in [0.25, 0.3) is 0 Å². The third-order valence-corrected chi connectivity index (χ3v) is 3.44. The Morgan fingerprint density at radius 2 is 2.06 bits per heavy atom. The second-order valence-corrected chi connectivity index (χ2v) is 4.62. The van der Waals surface area contributed by atoms with Crippen LogP contribution < -0.4 is 5.73 Å². The van der Waals surface area contributed by atoms with Gasteiger partial charge in [0.15, 0.2) is 5.78 Å². The van der Waals surface area contributed by atoms with Gasteiger partial charge in [0, 0.05) is 12.0 Å². The SMILES string of the molecule is Cc1ccc(F)c(C(=O)C2CCCC2N)c1F. The fourth-order valence-electron chi connectivity index (χ4n) is 2.38. The van der Waals surface area contributed by atoms with E-state index in [1.165, 1.54) is 13.0 Å². The van der Waals surface area contributed by atoms with Gasteiger partial charge in [0.1, 0.15) is 11.6 Å². The van der Waals surface area contributed by atoms with Crippen molar-refractivity contribution in [2.75, 3.05) is 0 Å². The molecule has 0 spiro atoms. The summed E-state index contributed by atoms with van der Waals surface area (Å²) in [5.74, 6) is -2.49. The lowest BCUT2D eigenvalue weighted by atomic mass is 9.92. The van der Waals surface area contributed by atoms with Crippen molar-refractivity contribution in [3.05, 3.63) is 34.9 Å². The van der Waals surface area contributed by atoms with E-state index < -0.39 is 28.9 Å². The Hall–Kier alpha value is -1.29. The molecule has 92 valence electrons. The van der Waals surface area contributed by atoms with Crippen LogP contribution in [0, 0.1) is 24.5 Å². The monoisotopic (exact) mass is 239 g/mol. The molecule has 1 saturated carbocycles. The molecule has 1 fully saturated rings. The molecule has 2 unspecified atom stereocenters. The van der Waals surface area contributed by atoms with E-state index in [2.05, 4.69) is 0 Å². The molecule has 0 bridgehead atoms. The summed E-state index contributed by atoms with van der Waals surface area (Å²) in [4.78, 5) is 12.1. The van der Waals surface area contributed by atoms with E-state index in [-0.39, 0.29) is 11.6 Å². The van der Waals surface area contributed by atoms with E-state index in [0.29, 0.717) is 6.42 Å². The summed E-state index contributed by atoms with van der Waals surface area (Å²) in [6.45, 7) is 1.51. The molecule has 0 saturated heterocycles. The minimum Gasteiger partial charge on any atom is -0.327 e. The number of nitrogens with two attached hydrogens (primary N) is 1. The van der Waals surface area contributed by atoms with Crippen LogP contribution in [0.3, 0.4) is 0 Å². The third-order valence-electron chi connectivity index (χ3n) is 3.44. The maximum atomic E-state index is 13.8. The van der Waals surface area contributed by atoms with Gasteiger partial charge in [-0.25, -0.2) is 8.78 Å². The number of carbonyl (C=O) groups is 1. The van der Waals surface area contributed by atoms with Gasteiger partial charge in [-0.15, -0.1) is 0 Å². The number of ketones is 1. The van der Waals surface area contributed by atoms with Crippen LogP contribution in [0.4, 0.5) is 8.78 Å². The first kappa shape index (κ1) is 12.2. The normalized spacial score (nSPS) is 24.0. The second kappa shape index (κ2) is 4.53. The zero-order valence-electron chi connectivity index (χ0n) is 9.67. The van der Waals surface area contributed by atoms with Crippen LogP contribution in [0.1, 0.15) is 35.2 Å². The molecule has 0 heterocycles. The van der Waals surface area contributed by atoms with Gasteiger partial charge in [-0.3, -0.25) is 4.79 Å². The number of carbonyl (C=O) groups excluding carboxylic acids is 1. The molecule has 4 heteroatoms.